The van der Waals surface area contributed by atoms with Gasteiger partial charge in [0.15, 0.2) is 12.1 Å². The first-order chi connectivity index (χ1) is 22.1. The molecule has 0 saturated carbocycles. The van der Waals surface area contributed by atoms with Gasteiger partial charge in [0.25, 0.3) is 0 Å². The number of ether oxygens (including phenoxy) is 3. The lowest BCUT2D eigenvalue weighted by Crippen LogP contribution is -2.50. The molecule has 0 aliphatic rings. The zero-order valence-corrected chi connectivity index (χ0v) is 30.5. The maximum atomic E-state index is 12.5. The van der Waals surface area contributed by atoms with Crippen molar-refractivity contribution in [3.8, 4) is 0 Å². The van der Waals surface area contributed by atoms with Gasteiger partial charge in [0.05, 0.1) is 34.4 Å². The number of nitrogens with zero attached hydrogens (tertiary/aromatic N) is 1. The van der Waals surface area contributed by atoms with Gasteiger partial charge in [-0.15, -0.1) is 0 Å². The molecule has 0 aromatic heterocycles. The van der Waals surface area contributed by atoms with E-state index in [1.165, 1.54) is 103 Å². The second-order valence-corrected chi connectivity index (χ2v) is 13.8. The Hall–Kier alpha value is -1.93. The van der Waals surface area contributed by atoms with Crippen molar-refractivity contribution in [2.45, 2.75) is 174 Å². The largest absolute Gasteiger partial charge is 0.477 e. The molecule has 270 valence electrons. The summed E-state index contributed by atoms with van der Waals surface area (Å²) < 4.78 is 16.8. The molecular formula is C38H72NO7+. The Bertz CT molecular complexity index is 778. The van der Waals surface area contributed by atoms with Crippen molar-refractivity contribution in [3.63, 3.8) is 0 Å². The van der Waals surface area contributed by atoms with Gasteiger partial charge in [-0.2, -0.15) is 0 Å². The highest BCUT2D eigenvalue weighted by Gasteiger charge is 2.31. The quantitative estimate of drug-likeness (QED) is 0.0326. The fraction of sp³-hybridized carbons (Fsp3) is 0.868. The lowest BCUT2D eigenvalue weighted by Gasteiger charge is -2.31. The highest BCUT2D eigenvalue weighted by atomic mass is 16.6. The van der Waals surface area contributed by atoms with Crippen LogP contribution < -0.4 is 0 Å². The van der Waals surface area contributed by atoms with Crippen LogP contribution in [0.4, 0.5) is 0 Å². The normalized spacial score (nSPS) is 13.2. The number of likely N-dealkylation sites (N-methyl/N-ethyl adjacent to an activating group) is 1. The van der Waals surface area contributed by atoms with Crippen LogP contribution in [0, 0.1) is 0 Å². The number of carbonyl (C=O) groups is 3. The molecule has 0 aliphatic heterocycles. The molecular weight excluding hydrogens is 582 g/mol. The van der Waals surface area contributed by atoms with E-state index in [0.717, 1.165) is 19.3 Å². The standard InChI is InChI=1S/C38H71NO7/c1-6-8-9-10-11-12-13-14-15-16-17-18-19-20-21-22-23-24-25-26-27-29-37(41)46-34(33-45-36(40)28-7-2)32-44-31-30-35(38(42)43)39(3,4)5/h16-17,34-35H,6-15,18-33H2,1-5H3/p+1/b17-16-. The molecule has 0 heterocycles. The monoisotopic (exact) mass is 655 g/mol. The van der Waals surface area contributed by atoms with Crippen molar-refractivity contribution in [3.05, 3.63) is 12.2 Å². The van der Waals surface area contributed by atoms with E-state index in [1.807, 2.05) is 28.1 Å². The molecule has 8 nitrogen and oxygen atoms in total. The van der Waals surface area contributed by atoms with Gasteiger partial charge in [0, 0.05) is 19.3 Å². The summed E-state index contributed by atoms with van der Waals surface area (Å²) in [4.78, 5) is 35.9. The van der Waals surface area contributed by atoms with E-state index in [0.29, 0.717) is 25.7 Å². The molecule has 2 atom stereocenters. The molecule has 8 heteroatoms. The van der Waals surface area contributed by atoms with Gasteiger partial charge in [-0.3, -0.25) is 9.59 Å². The minimum absolute atomic E-state index is 0.0577. The van der Waals surface area contributed by atoms with Gasteiger partial charge >= 0.3 is 17.9 Å². The van der Waals surface area contributed by atoms with E-state index in [4.69, 9.17) is 14.2 Å². The topological polar surface area (TPSA) is 99.1 Å². The van der Waals surface area contributed by atoms with Crippen molar-refractivity contribution in [1.82, 2.24) is 0 Å². The van der Waals surface area contributed by atoms with E-state index < -0.39 is 18.1 Å². The van der Waals surface area contributed by atoms with Gasteiger partial charge in [-0.05, 0) is 38.5 Å². The van der Waals surface area contributed by atoms with Gasteiger partial charge in [0.1, 0.15) is 6.61 Å². The third-order valence-corrected chi connectivity index (χ3v) is 8.38. The smallest absolute Gasteiger partial charge is 0.362 e. The molecule has 0 spiro atoms. The molecule has 0 bridgehead atoms. The lowest BCUT2D eigenvalue weighted by molar-refractivity contribution is -0.887. The van der Waals surface area contributed by atoms with E-state index in [9.17, 15) is 19.5 Å². The number of allylic oxidation sites excluding steroid dienone is 2. The van der Waals surface area contributed by atoms with Crippen LogP contribution in [0.25, 0.3) is 0 Å². The van der Waals surface area contributed by atoms with Crippen LogP contribution in [0.1, 0.15) is 162 Å². The Morgan fingerprint density at radius 2 is 1.13 bits per heavy atom. The lowest BCUT2D eigenvalue weighted by atomic mass is 10.1. The van der Waals surface area contributed by atoms with Crippen LogP contribution in [0.5, 0.6) is 0 Å². The van der Waals surface area contributed by atoms with Crippen LogP contribution in [0.3, 0.4) is 0 Å². The molecule has 0 aromatic carbocycles. The predicted octanol–water partition coefficient (Wildman–Crippen LogP) is 9.19. The number of hydrogen-bond donors (Lipinski definition) is 1. The Balaban J connectivity index is 3.95. The van der Waals surface area contributed by atoms with Gasteiger partial charge in [-0.1, -0.05) is 116 Å². The number of hydrogen-bond acceptors (Lipinski definition) is 6. The van der Waals surface area contributed by atoms with Gasteiger partial charge < -0.3 is 23.8 Å². The van der Waals surface area contributed by atoms with Crippen LogP contribution in [-0.4, -0.2) is 80.6 Å². The summed E-state index contributed by atoms with van der Waals surface area (Å²) in [7, 11) is 5.49. The maximum absolute atomic E-state index is 12.5. The number of aliphatic carboxylic acids is 1. The number of quaternary nitrogens is 1. The third kappa shape index (κ3) is 28.3. The molecule has 0 radical (unpaired) electrons. The number of carboxylic acid groups (broad SMARTS) is 1. The highest BCUT2D eigenvalue weighted by Crippen LogP contribution is 2.14. The Morgan fingerprint density at radius 1 is 0.630 bits per heavy atom. The number of carboxylic acids is 1. The Morgan fingerprint density at radius 3 is 1.61 bits per heavy atom. The summed E-state index contributed by atoms with van der Waals surface area (Å²) in [6.07, 6.45) is 29.7. The van der Waals surface area contributed by atoms with Crippen molar-refractivity contribution in [2.24, 2.45) is 0 Å². The summed E-state index contributed by atoms with van der Waals surface area (Å²) in [6.45, 7) is 4.38. The molecule has 46 heavy (non-hydrogen) atoms. The highest BCUT2D eigenvalue weighted by molar-refractivity contribution is 5.72. The molecule has 0 rings (SSSR count). The van der Waals surface area contributed by atoms with Crippen molar-refractivity contribution in [1.29, 1.82) is 0 Å². The third-order valence-electron chi connectivity index (χ3n) is 8.38. The van der Waals surface area contributed by atoms with Crippen LogP contribution in [0.15, 0.2) is 12.2 Å². The summed E-state index contributed by atoms with van der Waals surface area (Å²) in [5.74, 6) is -1.53. The first-order valence-electron chi connectivity index (χ1n) is 18.7. The fourth-order valence-corrected chi connectivity index (χ4v) is 5.48. The molecule has 0 aromatic rings. The maximum Gasteiger partial charge on any atom is 0.362 e. The summed E-state index contributed by atoms with van der Waals surface area (Å²) in [5, 5.41) is 9.49. The molecule has 2 unspecified atom stereocenters. The minimum atomic E-state index is -0.879. The molecule has 0 aliphatic carbocycles. The summed E-state index contributed by atoms with van der Waals surface area (Å²) >= 11 is 0. The zero-order chi connectivity index (χ0) is 34.3. The number of carbonyl (C=O) groups excluding carboxylic acids is 2. The second-order valence-electron chi connectivity index (χ2n) is 13.8. The Kier molecular flexibility index (Phi) is 29.1. The molecule has 0 saturated heterocycles. The average Bonchev–Trinajstić information content (AvgIpc) is 2.99. The van der Waals surface area contributed by atoms with Crippen LogP contribution in [0.2, 0.25) is 0 Å². The number of rotatable bonds is 33. The average molecular weight is 655 g/mol. The van der Waals surface area contributed by atoms with E-state index in [-0.39, 0.29) is 36.2 Å². The summed E-state index contributed by atoms with van der Waals surface area (Å²) in [6, 6.07) is -0.607. The SMILES string of the molecule is CCCCCCCCCC/C=C\CCCCCCCCCCCC(=O)OC(COCCC(C(=O)O)[N+](C)(C)C)COC(=O)CCC. The number of esters is 2. The fourth-order valence-electron chi connectivity index (χ4n) is 5.48. The zero-order valence-electron chi connectivity index (χ0n) is 30.5. The van der Waals surface area contributed by atoms with E-state index in [1.54, 1.807) is 0 Å². The number of unbranched alkanes of at least 4 members (excludes halogenated alkanes) is 17. The second kappa shape index (κ2) is 30.4. The molecule has 0 fully saturated rings. The van der Waals surface area contributed by atoms with Crippen molar-refractivity contribution in [2.75, 3.05) is 41.0 Å². The van der Waals surface area contributed by atoms with Gasteiger partial charge in [-0.25, -0.2) is 4.79 Å². The Labute approximate surface area is 282 Å². The van der Waals surface area contributed by atoms with E-state index >= 15 is 0 Å². The van der Waals surface area contributed by atoms with Gasteiger partial charge in [0.2, 0.25) is 0 Å². The van der Waals surface area contributed by atoms with Crippen molar-refractivity contribution < 1.29 is 38.2 Å². The molecule has 0 amide bonds. The first kappa shape index (κ1) is 44.1. The van der Waals surface area contributed by atoms with E-state index in [2.05, 4.69) is 19.1 Å². The predicted molar refractivity (Wildman–Crippen MR) is 188 cm³/mol. The van der Waals surface area contributed by atoms with Crippen molar-refractivity contribution >= 4 is 17.9 Å². The van der Waals surface area contributed by atoms with Crippen LogP contribution in [-0.2, 0) is 28.6 Å². The summed E-state index contributed by atoms with van der Waals surface area (Å²) in [5.41, 5.74) is 0. The first-order valence-corrected chi connectivity index (χ1v) is 18.7. The minimum Gasteiger partial charge on any atom is -0.477 e. The molecule has 1 N–H and O–H groups in total. The van der Waals surface area contributed by atoms with Crippen LogP contribution >= 0.6 is 0 Å².